The van der Waals surface area contributed by atoms with Crippen molar-refractivity contribution >= 4 is 11.8 Å². The maximum atomic E-state index is 3.64. The maximum absolute atomic E-state index is 3.64. The largest absolute Gasteiger partial charge is 0.310 e. The van der Waals surface area contributed by atoms with Gasteiger partial charge in [0, 0.05) is 18.3 Å². The molecule has 1 atom stereocenters. The van der Waals surface area contributed by atoms with Gasteiger partial charge in [-0.15, -0.1) is 0 Å². The molecular weight excluding hydrogens is 264 g/mol. The molecule has 2 nitrogen and oxygen atoms in total. The van der Waals surface area contributed by atoms with Crippen LogP contribution in [0.5, 0.6) is 0 Å². The molecule has 0 saturated carbocycles. The molecule has 3 heteroatoms. The molecule has 1 unspecified atom stereocenters. The fourth-order valence-corrected chi connectivity index (χ4v) is 3.69. The topological polar surface area (TPSA) is 15.3 Å². The summed E-state index contributed by atoms with van der Waals surface area (Å²) < 4.78 is 0. The minimum Gasteiger partial charge on any atom is -0.310 e. The molecule has 0 aliphatic carbocycles. The third-order valence-electron chi connectivity index (χ3n) is 3.98. The summed E-state index contributed by atoms with van der Waals surface area (Å²) in [5, 5.41) is 3.64. The van der Waals surface area contributed by atoms with Gasteiger partial charge in [-0.3, -0.25) is 0 Å². The minimum absolute atomic E-state index is 0.497. The molecule has 0 amide bonds. The molecule has 2 rings (SSSR count). The molecule has 112 valence electrons. The van der Waals surface area contributed by atoms with Gasteiger partial charge in [0.1, 0.15) is 0 Å². The van der Waals surface area contributed by atoms with E-state index < -0.39 is 0 Å². The molecule has 0 spiro atoms. The van der Waals surface area contributed by atoms with Crippen LogP contribution in [-0.4, -0.2) is 42.6 Å². The zero-order valence-electron chi connectivity index (χ0n) is 12.9. The Bertz CT molecular complexity index is 369. The summed E-state index contributed by atoms with van der Waals surface area (Å²) in [6.45, 7) is 9.14. The van der Waals surface area contributed by atoms with Gasteiger partial charge in [-0.25, -0.2) is 0 Å². The molecule has 20 heavy (non-hydrogen) atoms. The predicted molar refractivity (Wildman–Crippen MR) is 90.6 cm³/mol. The van der Waals surface area contributed by atoms with Crippen molar-refractivity contribution < 1.29 is 0 Å². The van der Waals surface area contributed by atoms with E-state index >= 15 is 0 Å². The van der Waals surface area contributed by atoms with Gasteiger partial charge in [-0.05, 0) is 50.7 Å². The highest BCUT2D eigenvalue weighted by Crippen LogP contribution is 2.19. The van der Waals surface area contributed by atoms with E-state index in [1.54, 1.807) is 0 Å². The molecule has 1 aliphatic rings. The molecular formula is C17H28N2S. The second-order valence-electron chi connectivity index (χ2n) is 5.62. The number of aryl methyl sites for hydroxylation is 1. The third-order valence-corrected chi connectivity index (χ3v) is 5.03. The van der Waals surface area contributed by atoms with Crippen LogP contribution in [-0.2, 0) is 0 Å². The highest BCUT2D eigenvalue weighted by atomic mass is 32.2. The molecule has 1 aliphatic heterocycles. The van der Waals surface area contributed by atoms with E-state index in [1.807, 2.05) is 0 Å². The quantitative estimate of drug-likeness (QED) is 0.864. The number of hydrogen-bond acceptors (Lipinski definition) is 3. The summed E-state index contributed by atoms with van der Waals surface area (Å²) in [5.74, 6) is 2.64. The van der Waals surface area contributed by atoms with Crippen LogP contribution in [0.2, 0.25) is 0 Å². The molecule has 1 N–H and O–H groups in total. The second-order valence-corrected chi connectivity index (χ2v) is 6.84. The van der Waals surface area contributed by atoms with Crippen molar-refractivity contribution in [3.05, 3.63) is 35.4 Å². The van der Waals surface area contributed by atoms with E-state index in [0.717, 1.165) is 6.54 Å². The van der Waals surface area contributed by atoms with Crippen LogP contribution in [0, 0.1) is 6.92 Å². The number of hydrogen-bond donors (Lipinski definition) is 1. The van der Waals surface area contributed by atoms with E-state index in [-0.39, 0.29) is 0 Å². The van der Waals surface area contributed by atoms with Crippen LogP contribution in [0.1, 0.15) is 36.9 Å². The van der Waals surface area contributed by atoms with E-state index in [1.165, 1.54) is 55.1 Å². The Morgan fingerprint density at radius 3 is 2.75 bits per heavy atom. The first-order valence-electron chi connectivity index (χ1n) is 7.89. The van der Waals surface area contributed by atoms with E-state index in [4.69, 9.17) is 0 Å². The van der Waals surface area contributed by atoms with Gasteiger partial charge >= 0.3 is 0 Å². The van der Waals surface area contributed by atoms with Gasteiger partial charge in [0.05, 0.1) is 0 Å². The van der Waals surface area contributed by atoms with Crippen molar-refractivity contribution in [1.82, 2.24) is 10.2 Å². The fraction of sp³-hybridized carbons (Fsp3) is 0.647. The van der Waals surface area contributed by atoms with Gasteiger partial charge in [0.2, 0.25) is 0 Å². The van der Waals surface area contributed by atoms with Gasteiger partial charge in [0.15, 0.2) is 0 Å². The number of rotatable bonds is 6. The molecule has 1 saturated heterocycles. The Labute approximate surface area is 128 Å². The van der Waals surface area contributed by atoms with Crippen molar-refractivity contribution in [2.45, 2.75) is 32.7 Å². The van der Waals surface area contributed by atoms with Crippen LogP contribution < -0.4 is 5.32 Å². The lowest BCUT2D eigenvalue weighted by atomic mass is 10.0. The zero-order valence-corrected chi connectivity index (χ0v) is 13.7. The number of thioether (sulfide) groups is 1. The molecule has 1 aromatic rings. The van der Waals surface area contributed by atoms with Gasteiger partial charge < -0.3 is 10.2 Å². The fourth-order valence-electron chi connectivity index (χ4n) is 2.76. The van der Waals surface area contributed by atoms with Crippen LogP contribution >= 0.6 is 11.8 Å². The van der Waals surface area contributed by atoms with E-state index in [9.17, 15) is 0 Å². The van der Waals surface area contributed by atoms with Crippen molar-refractivity contribution in [3.63, 3.8) is 0 Å². The lowest BCUT2D eigenvalue weighted by Gasteiger charge is -2.24. The Kier molecular flexibility index (Phi) is 6.91. The third kappa shape index (κ3) is 5.12. The molecule has 1 heterocycles. The lowest BCUT2D eigenvalue weighted by molar-refractivity contribution is 0.275. The normalized spacial score (nSPS) is 18.7. The van der Waals surface area contributed by atoms with E-state index in [2.05, 4.69) is 60.1 Å². The Balaban J connectivity index is 1.89. The lowest BCUT2D eigenvalue weighted by Crippen LogP contribution is -2.31. The van der Waals surface area contributed by atoms with Crippen molar-refractivity contribution in [3.8, 4) is 0 Å². The molecule has 1 fully saturated rings. The first kappa shape index (κ1) is 15.9. The highest BCUT2D eigenvalue weighted by molar-refractivity contribution is 7.99. The van der Waals surface area contributed by atoms with Gasteiger partial charge in [-0.2, -0.15) is 11.8 Å². The Morgan fingerprint density at radius 2 is 2.00 bits per heavy atom. The molecule has 0 bridgehead atoms. The van der Waals surface area contributed by atoms with Crippen molar-refractivity contribution in [1.29, 1.82) is 0 Å². The summed E-state index contributed by atoms with van der Waals surface area (Å²) in [6, 6.07) is 9.50. The monoisotopic (exact) mass is 292 g/mol. The first-order chi connectivity index (χ1) is 9.79. The summed E-state index contributed by atoms with van der Waals surface area (Å²) >= 11 is 2.10. The van der Waals surface area contributed by atoms with Crippen LogP contribution in [0.4, 0.5) is 0 Å². The second kappa shape index (κ2) is 8.71. The standard InChI is InChI=1S/C17H28N2S/c1-3-18-17(16-7-5-15(2)6-8-16)9-11-19-10-4-13-20-14-12-19/h5-8,17-18H,3-4,9-14H2,1-2H3. The summed E-state index contributed by atoms with van der Waals surface area (Å²) in [5.41, 5.74) is 2.77. The smallest absolute Gasteiger partial charge is 0.0332 e. The summed E-state index contributed by atoms with van der Waals surface area (Å²) in [6.07, 6.45) is 2.56. The Morgan fingerprint density at radius 1 is 1.20 bits per heavy atom. The van der Waals surface area contributed by atoms with Crippen molar-refractivity contribution in [2.24, 2.45) is 0 Å². The Hall–Kier alpha value is -0.510. The number of nitrogens with one attached hydrogen (secondary N) is 1. The summed E-state index contributed by atoms with van der Waals surface area (Å²) in [7, 11) is 0. The first-order valence-corrected chi connectivity index (χ1v) is 9.05. The zero-order chi connectivity index (χ0) is 14.2. The average molecular weight is 292 g/mol. The number of nitrogens with zero attached hydrogens (tertiary/aromatic N) is 1. The molecule has 0 radical (unpaired) electrons. The van der Waals surface area contributed by atoms with Crippen LogP contribution in [0.3, 0.4) is 0 Å². The van der Waals surface area contributed by atoms with E-state index in [0.29, 0.717) is 6.04 Å². The minimum atomic E-state index is 0.497. The van der Waals surface area contributed by atoms with Crippen LogP contribution in [0.15, 0.2) is 24.3 Å². The van der Waals surface area contributed by atoms with Gasteiger partial charge in [0.25, 0.3) is 0 Å². The maximum Gasteiger partial charge on any atom is 0.0332 e. The molecule has 1 aromatic carbocycles. The van der Waals surface area contributed by atoms with Gasteiger partial charge in [-0.1, -0.05) is 36.8 Å². The SMILES string of the molecule is CCNC(CCN1CCCSCC1)c1ccc(C)cc1. The summed E-state index contributed by atoms with van der Waals surface area (Å²) in [4.78, 5) is 2.64. The highest BCUT2D eigenvalue weighted by Gasteiger charge is 2.14. The number of benzene rings is 1. The van der Waals surface area contributed by atoms with Crippen molar-refractivity contribution in [2.75, 3.05) is 37.7 Å². The van der Waals surface area contributed by atoms with Crippen LogP contribution in [0.25, 0.3) is 0 Å². The predicted octanol–water partition coefficient (Wildman–Crippen LogP) is 3.47. The average Bonchev–Trinajstić information content (AvgIpc) is 2.73. The molecule has 0 aromatic heterocycles.